The second-order valence-electron chi connectivity index (χ2n) is 8.87. The second kappa shape index (κ2) is 8.36. The highest BCUT2D eigenvalue weighted by atomic mass is 33.1. The van der Waals surface area contributed by atoms with Crippen LogP contribution in [0.3, 0.4) is 0 Å². The number of hydrogen-bond acceptors (Lipinski definition) is 6. The number of carbonyl (C=O) groups excluding carboxylic acids is 2. The first-order valence-electron chi connectivity index (χ1n) is 11.5. The van der Waals surface area contributed by atoms with E-state index in [2.05, 4.69) is 0 Å². The van der Waals surface area contributed by atoms with Gasteiger partial charge < -0.3 is 10.2 Å². The fourth-order valence-electron chi connectivity index (χ4n) is 5.34. The molecule has 0 bridgehead atoms. The molecule has 0 atom stereocenters. The molecule has 0 amide bonds. The average molecular weight is 487 g/mol. The number of rotatable bonds is 3. The lowest BCUT2D eigenvalue weighted by atomic mass is 9.87. The van der Waals surface area contributed by atoms with Crippen LogP contribution in [0.1, 0.15) is 57.5 Å². The van der Waals surface area contributed by atoms with Crippen molar-refractivity contribution in [2.24, 2.45) is 0 Å². The minimum Gasteiger partial charge on any atom is -0.507 e. The van der Waals surface area contributed by atoms with E-state index in [1.807, 2.05) is 48.5 Å². The first-order chi connectivity index (χ1) is 16.6. The van der Waals surface area contributed by atoms with Gasteiger partial charge in [0.05, 0.1) is 11.1 Å². The third kappa shape index (κ3) is 3.23. The molecule has 0 saturated heterocycles. The van der Waals surface area contributed by atoms with Crippen LogP contribution in [-0.4, -0.2) is 21.8 Å². The Morgan fingerprint density at radius 1 is 0.559 bits per heavy atom. The number of phenols is 2. The van der Waals surface area contributed by atoms with Crippen LogP contribution in [0.2, 0.25) is 0 Å². The quantitative estimate of drug-likeness (QED) is 0.297. The van der Waals surface area contributed by atoms with Crippen LogP contribution in [0, 0.1) is 0 Å². The largest absolute Gasteiger partial charge is 0.507 e. The van der Waals surface area contributed by atoms with E-state index in [9.17, 15) is 19.8 Å². The molecule has 6 rings (SSSR count). The lowest BCUT2D eigenvalue weighted by Gasteiger charge is -2.24. The monoisotopic (exact) mass is 486 g/mol. The fraction of sp³-hybridized carbons (Fsp3) is 0.214. The summed E-state index contributed by atoms with van der Waals surface area (Å²) >= 11 is 0. The summed E-state index contributed by atoms with van der Waals surface area (Å²) in [6.07, 6.45) is 3.94. The van der Waals surface area contributed by atoms with Crippen molar-refractivity contribution in [3.63, 3.8) is 0 Å². The van der Waals surface area contributed by atoms with Crippen molar-refractivity contribution in [3.05, 3.63) is 70.8 Å². The summed E-state index contributed by atoms with van der Waals surface area (Å²) in [5.41, 5.74) is 2.75. The molecule has 4 nitrogen and oxygen atoms in total. The molecule has 0 saturated carbocycles. The maximum atomic E-state index is 12.8. The van der Waals surface area contributed by atoms with Crippen molar-refractivity contribution < 1.29 is 19.8 Å². The van der Waals surface area contributed by atoms with Crippen LogP contribution < -0.4 is 0 Å². The normalized spacial score (nSPS) is 15.5. The summed E-state index contributed by atoms with van der Waals surface area (Å²) in [6, 6.07) is 15.3. The number of benzene rings is 4. The first-order valence-corrected chi connectivity index (χ1v) is 13.6. The van der Waals surface area contributed by atoms with Gasteiger partial charge in [0, 0.05) is 44.2 Å². The number of hydrogen-bond donors (Lipinski definition) is 2. The minimum absolute atomic E-state index is 0.00517. The molecule has 6 heteroatoms. The molecular formula is C28H22O4S2. The zero-order valence-corrected chi connectivity index (χ0v) is 20.0. The molecule has 2 aliphatic rings. The van der Waals surface area contributed by atoms with E-state index in [0.29, 0.717) is 34.7 Å². The van der Waals surface area contributed by atoms with E-state index < -0.39 is 0 Å². The molecule has 0 radical (unpaired) electrons. The Morgan fingerprint density at radius 2 is 0.941 bits per heavy atom. The molecule has 4 aromatic rings. The number of aromatic hydroxyl groups is 2. The molecule has 170 valence electrons. The summed E-state index contributed by atoms with van der Waals surface area (Å²) in [6.45, 7) is 0. The topological polar surface area (TPSA) is 74.6 Å². The molecule has 34 heavy (non-hydrogen) atoms. The minimum atomic E-state index is -0.00517. The molecule has 0 aliphatic heterocycles. The van der Waals surface area contributed by atoms with Crippen molar-refractivity contribution in [3.8, 4) is 11.5 Å². The van der Waals surface area contributed by atoms with E-state index in [4.69, 9.17) is 0 Å². The zero-order chi connectivity index (χ0) is 23.4. The number of fused-ring (bicyclic) bond motifs is 4. The molecule has 0 fully saturated rings. The zero-order valence-electron chi connectivity index (χ0n) is 18.4. The average Bonchev–Trinajstić information content (AvgIpc) is 2.85. The molecule has 0 unspecified atom stereocenters. The maximum Gasteiger partial charge on any atom is 0.166 e. The van der Waals surface area contributed by atoms with E-state index in [1.54, 1.807) is 21.6 Å². The Bertz CT molecular complexity index is 1410. The van der Waals surface area contributed by atoms with Crippen LogP contribution >= 0.6 is 21.6 Å². The van der Waals surface area contributed by atoms with Crippen LogP contribution in [0.4, 0.5) is 0 Å². The maximum absolute atomic E-state index is 12.8. The van der Waals surface area contributed by atoms with Crippen LogP contribution in [0.25, 0.3) is 21.5 Å². The molecule has 0 aromatic heterocycles. The lowest BCUT2D eigenvalue weighted by Crippen LogP contribution is -2.13. The third-order valence-corrected chi connectivity index (χ3v) is 9.51. The van der Waals surface area contributed by atoms with E-state index in [-0.39, 0.29) is 23.1 Å². The highest BCUT2D eigenvalue weighted by Crippen LogP contribution is 2.52. The van der Waals surface area contributed by atoms with Crippen molar-refractivity contribution in [1.29, 1.82) is 0 Å². The SMILES string of the molecule is O=C1CCCc2c1c(O)c1ccccc1c2SSc1c2c(c(O)c3ccccc13)C(=O)CCC2. The fourth-order valence-corrected chi connectivity index (χ4v) is 8.29. The van der Waals surface area contributed by atoms with Crippen LogP contribution in [0.15, 0.2) is 58.3 Å². The summed E-state index contributed by atoms with van der Waals surface area (Å²) < 4.78 is 0. The number of Topliss-reactive ketones (excluding diaryl/α,β-unsaturated/α-hetero) is 2. The lowest BCUT2D eigenvalue weighted by molar-refractivity contribution is 0.0960. The van der Waals surface area contributed by atoms with Gasteiger partial charge in [-0.2, -0.15) is 0 Å². The summed E-state index contributed by atoms with van der Waals surface area (Å²) in [5, 5.41) is 25.1. The summed E-state index contributed by atoms with van der Waals surface area (Å²) in [7, 11) is 3.17. The Kier molecular flexibility index (Phi) is 5.30. The molecular weight excluding hydrogens is 464 g/mol. The standard InChI is InChI=1S/C28H22O4S2/c29-21-13-5-11-19-23(21)25(31)15-7-1-3-9-17(15)27(19)33-34-28-18-10-4-2-8-16(18)26(32)24-20(28)12-6-14-22(24)30/h1-4,7-10,31-32H,5-6,11-14H2. The predicted octanol–water partition coefficient (Wildman–Crippen LogP) is 7.24. The molecule has 2 N–H and O–H groups in total. The molecule has 4 aromatic carbocycles. The Morgan fingerprint density at radius 3 is 1.35 bits per heavy atom. The van der Waals surface area contributed by atoms with Gasteiger partial charge in [-0.1, -0.05) is 70.1 Å². The summed E-state index contributed by atoms with van der Waals surface area (Å²) in [5.74, 6) is 0.161. The number of phenolic OH excluding ortho intramolecular Hbond substituents is 2. The van der Waals surface area contributed by atoms with Crippen LogP contribution in [0.5, 0.6) is 11.5 Å². The Balaban J connectivity index is 1.55. The molecule has 0 spiro atoms. The second-order valence-corrected chi connectivity index (χ2v) is 11.0. The van der Waals surface area contributed by atoms with Gasteiger partial charge in [-0.05, 0) is 36.8 Å². The number of carbonyl (C=O) groups is 2. The van der Waals surface area contributed by atoms with Gasteiger partial charge in [0.15, 0.2) is 11.6 Å². The predicted molar refractivity (Wildman–Crippen MR) is 137 cm³/mol. The highest BCUT2D eigenvalue weighted by molar-refractivity contribution is 8.76. The van der Waals surface area contributed by atoms with Gasteiger partial charge in [-0.15, -0.1) is 0 Å². The van der Waals surface area contributed by atoms with Gasteiger partial charge in [-0.3, -0.25) is 9.59 Å². The van der Waals surface area contributed by atoms with E-state index >= 15 is 0 Å². The van der Waals surface area contributed by atoms with Gasteiger partial charge in [0.1, 0.15) is 11.5 Å². The van der Waals surface area contributed by atoms with Crippen LogP contribution in [-0.2, 0) is 12.8 Å². The first kappa shape index (κ1) is 21.6. The van der Waals surface area contributed by atoms with Crippen molar-refractivity contribution in [2.45, 2.75) is 48.3 Å². The third-order valence-electron chi connectivity index (χ3n) is 6.91. The van der Waals surface area contributed by atoms with E-state index in [0.717, 1.165) is 57.4 Å². The highest BCUT2D eigenvalue weighted by Gasteiger charge is 2.30. The van der Waals surface area contributed by atoms with Crippen molar-refractivity contribution in [1.82, 2.24) is 0 Å². The van der Waals surface area contributed by atoms with E-state index in [1.165, 1.54) is 0 Å². The molecule has 0 heterocycles. The van der Waals surface area contributed by atoms with Gasteiger partial charge in [0.2, 0.25) is 0 Å². The van der Waals surface area contributed by atoms with Crippen molar-refractivity contribution in [2.75, 3.05) is 0 Å². The smallest absolute Gasteiger partial charge is 0.166 e. The van der Waals surface area contributed by atoms with Crippen molar-refractivity contribution >= 4 is 54.7 Å². The van der Waals surface area contributed by atoms with Gasteiger partial charge in [-0.25, -0.2) is 0 Å². The van der Waals surface area contributed by atoms with Gasteiger partial charge in [0.25, 0.3) is 0 Å². The number of ketones is 2. The van der Waals surface area contributed by atoms with Gasteiger partial charge >= 0.3 is 0 Å². The summed E-state index contributed by atoms with van der Waals surface area (Å²) in [4.78, 5) is 27.5. The molecule has 2 aliphatic carbocycles. The Hall–Kier alpha value is -2.96. The Labute approximate surface area is 204 Å².